The summed E-state index contributed by atoms with van der Waals surface area (Å²) in [6, 6.07) is 0. The van der Waals surface area contributed by atoms with E-state index >= 15 is 0 Å². The first-order valence-electron chi connectivity index (χ1n) is 4.35. The van der Waals surface area contributed by atoms with Crippen molar-refractivity contribution in [3.05, 3.63) is 12.2 Å². The molecule has 0 atom stereocenters. The number of nitrogens with one attached hydrogen (secondary N) is 2. The zero-order valence-corrected chi connectivity index (χ0v) is 7.56. The molecule has 1 fully saturated rings. The lowest BCUT2D eigenvalue weighted by Gasteiger charge is -2.26. The Morgan fingerprint density at radius 2 is 2.36 bits per heavy atom. The largest absolute Gasteiger partial charge is 0.379 e. The number of nitrogens with zero attached hydrogens (tertiary/aromatic N) is 3. The smallest absolute Gasteiger partial charge is 0.302 e. The quantitative estimate of drug-likeness (QED) is 0.621. The highest BCUT2D eigenvalue weighted by atomic mass is 16.5. The molecule has 1 saturated heterocycles. The summed E-state index contributed by atoms with van der Waals surface area (Å²) in [7, 11) is 0. The number of ether oxygens (including phenoxy) is 1. The standard InChI is InChI=1S/C7H11N5O2/c13-7(6-8-5-9-10-6)11-12-1-3-14-4-2-12/h5H,1-4H2,(H,11,13)(H,8,9,10). The molecule has 76 valence electrons. The molecular weight excluding hydrogens is 186 g/mol. The summed E-state index contributed by atoms with van der Waals surface area (Å²) in [5, 5.41) is 7.89. The van der Waals surface area contributed by atoms with Crippen molar-refractivity contribution in [3.63, 3.8) is 0 Å². The minimum atomic E-state index is -0.274. The lowest BCUT2D eigenvalue weighted by atomic mass is 10.5. The first-order chi connectivity index (χ1) is 6.86. The fourth-order valence-electron chi connectivity index (χ4n) is 1.19. The molecule has 0 aromatic carbocycles. The summed E-state index contributed by atoms with van der Waals surface area (Å²) < 4.78 is 5.14. The van der Waals surface area contributed by atoms with Crippen LogP contribution in [0.4, 0.5) is 0 Å². The monoisotopic (exact) mass is 197 g/mol. The van der Waals surface area contributed by atoms with Crippen molar-refractivity contribution in [1.82, 2.24) is 25.6 Å². The lowest BCUT2D eigenvalue weighted by Crippen LogP contribution is -2.48. The molecule has 1 amide bonds. The molecule has 2 heterocycles. The second-order valence-corrected chi connectivity index (χ2v) is 2.87. The van der Waals surface area contributed by atoms with Crippen LogP contribution in [0.15, 0.2) is 6.33 Å². The summed E-state index contributed by atoms with van der Waals surface area (Å²) in [6.07, 6.45) is 1.30. The minimum Gasteiger partial charge on any atom is -0.379 e. The minimum absolute atomic E-state index is 0.219. The van der Waals surface area contributed by atoms with Gasteiger partial charge in [-0.1, -0.05) is 0 Å². The van der Waals surface area contributed by atoms with Crippen LogP contribution in [0.2, 0.25) is 0 Å². The van der Waals surface area contributed by atoms with Gasteiger partial charge in [-0.05, 0) is 0 Å². The average Bonchev–Trinajstić information content (AvgIpc) is 2.72. The van der Waals surface area contributed by atoms with Gasteiger partial charge in [-0.15, -0.1) is 0 Å². The van der Waals surface area contributed by atoms with E-state index in [9.17, 15) is 4.79 Å². The fraction of sp³-hybridized carbons (Fsp3) is 0.571. The van der Waals surface area contributed by atoms with Gasteiger partial charge < -0.3 is 4.74 Å². The zero-order valence-electron chi connectivity index (χ0n) is 7.56. The van der Waals surface area contributed by atoms with E-state index in [0.29, 0.717) is 26.3 Å². The molecule has 7 nitrogen and oxygen atoms in total. The van der Waals surface area contributed by atoms with Crippen molar-refractivity contribution >= 4 is 5.91 Å². The van der Waals surface area contributed by atoms with Crippen LogP contribution in [0.3, 0.4) is 0 Å². The molecule has 0 saturated carbocycles. The number of aromatic amines is 1. The first-order valence-corrected chi connectivity index (χ1v) is 4.35. The van der Waals surface area contributed by atoms with E-state index in [1.54, 1.807) is 5.01 Å². The number of morpholine rings is 1. The summed E-state index contributed by atoms with van der Waals surface area (Å²) in [6.45, 7) is 2.66. The van der Waals surface area contributed by atoms with E-state index in [4.69, 9.17) is 4.74 Å². The predicted octanol–water partition coefficient (Wildman–Crippen LogP) is -1.22. The second-order valence-electron chi connectivity index (χ2n) is 2.87. The van der Waals surface area contributed by atoms with Crippen LogP contribution in [-0.2, 0) is 4.74 Å². The van der Waals surface area contributed by atoms with Gasteiger partial charge in [0.1, 0.15) is 6.33 Å². The van der Waals surface area contributed by atoms with E-state index in [-0.39, 0.29) is 11.7 Å². The number of amides is 1. The maximum absolute atomic E-state index is 11.4. The van der Waals surface area contributed by atoms with Crippen LogP contribution in [-0.4, -0.2) is 52.4 Å². The van der Waals surface area contributed by atoms with Gasteiger partial charge in [0, 0.05) is 13.1 Å². The Bertz CT molecular complexity index is 293. The maximum atomic E-state index is 11.4. The highest BCUT2D eigenvalue weighted by Gasteiger charge is 2.15. The third-order valence-corrected chi connectivity index (χ3v) is 1.90. The molecule has 0 bridgehead atoms. The number of hydrazine groups is 1. The number of H-pyrrole nitrogens is 1. The van der Waals surface area contributed by atoms with E-state index in [2.05, 4.69) is 20.6 Å². The van der Waals surface area contributed by atoms with Crippen molar-refractivity contribution in [2.75, 3.05) is 26.3 Å². The molecular formula is C7H11N5O2. The Balaban J connectivity index is 1.87. The highest BCUT2D eigenvalue weighted by Crippen LogP contribution is 1.94. The summed E-state index contributed by atoms with van der Waals surface area (Å²) in [4.78, 5) is 15.2. The fourth-order valence-corrected chi connectivity index (χ4v) is 1.19. The van der Waals surface area contributed by atoms with E-state index < -0.39 is 0 Å². The zero-order chi connectivity index (χ0) is 9.80. The van der Waals surface area contributed by atoms with Crippen molar-refractivity contribution < 1.29 is 9.53 Å². The van der Waals surface area contributed by atoms with Gasteiger partial charge in [0.25, 0.3) is 0 Å². The molecule has 1 aliphatic rings. The highest BCUT2D eigenvalue weighted by molar-refractivity contribution is 5.89. The Hall–Kier alpha value is -1.47. The number of hydrogen-bond acceptors (Lipinski definition) is 5. The summed E-state index contributed by atoms with van der Waals surface area (Å²) in [5.74, 6) is -0.0547. The number of hydrogen-bond donors (Lipinski definition) is 2. The Kier molecular flexibility index (Phi) is 2.70. The molecule has 2 N–H and O–H groups in total. The van der Waals surface area contributed by atoms with Crippen LogP contribution in [0.5, 0.6) is 0 Å². The SMILES string of the molecule is O=C(NN1CCOCC1)c1ncn[nH]1. The molecule has 0 radical (unpaired) electrons. The molecule has 0 aliphatic carbocycles. The van der Waals surface area contributed by atoms with Crippen molar-refractivity contribution in [1.29, 1.82) is 0 Å². The van der Waals surface area contributed by atoms with Crippen LogP contribution in [0.1, 0.15) is 10.6 Å². The molecule has 14 heavy (non-hydrogen) atoms. The Morgan fingerprint density at radius 1 is 1.57 bits per heavy atom. The molecule has 1 aliphatic heterocycles. The Labute approximate surface area is 80.4 Å². The molecule has 1 aromatic rings. The van der Waals surface area contributed by atoms with Crippen molar-refractivity contribution in [2.45, 2.75) is 0 Å². The number of rotatable bonds is 2. The van der Waals surface area contributed by atoms with Gasteiger partial charge >= 0.3 is 5.91 Å². The van der Waals surface area contributed by atoms with Gasteiger partial charge in [-0.2, -0.15) is 5.10 Å². The van der Waals surface area contributed by atoms with Gasteiger partial charge in [-0.25, -0.2) is 9.99 Å². The average molecular weight is 197 g/mol. The van der Waals surface area contributed by atoms with Gasteiger partial charge in [0.15, 0.2) is 0 Å². The van der Waals surface area contributed by atoms with Gasteiger partial charge in [0.05, 0.1) is 13.2 Å². The number of carbonyl (C=O) groups excluding carboxylic acids is 1. The normalized spacial score (nSPS) is 18.0. The van der Waals surface area contributed by atoms with Crippen LogP contribution in [0, 0.1) is 0 Å². The first kappa shape index (κ1) is 9.10. The van der Waals surface area contributed by atoms with E-state index in [1.807, 2.05) is 0 Å². The molecule has 0 spiro atoms. The summed E-state index contributed by atoms with van der Waals surface area (Å²) >= 11 is 0. The third-order valence-electron chi connectivity index (χ3n) is 1.90. The van der Waals surface area contributed by atoms with Gasteiger partial charge in [-0.3, -0.25) is 15.3 Å². The van der Waals surface area contributed by atoms with E-state index in [0.717, 1.165) is 0 Å². The molecule has 1 aromatic heterocycles. The second kappa shape index (κ2) is 4.16. The predicted molar refractivity (Wildman–Crippen MR) is 46.2 cm³/mol. The topological polar surface area (TPSA) is 83.1 Å². The molecule has 2 rings (SSSR count). The Morgan fingerprint density at radius 3 is 3.00 bits per heavy atom. The third kappa shape index (κ3) is 2.06. The molecule has 7 heteroatoms. The summed E-state index contributed by atoms with van der Waals surface area (Å²) in [5.41, 5.74) is 2.70. The number of carbonyl (C=O) groups is 1. The van der Waals surface area contributed by atoms with Crippen molar-refractivity contribution in [3.8, 4) is 0 Å². The molecule has 0 unspecified atom stereocenters. The van der Waals surface area contributed by atoms with Crippen LogP contribution < -0.4 is 5.43 Å². The van der Waals surface area contributed by atoms with Crippen LogP contribution >= 0.6 is 0 Å². The van der Waals surface area contributed by atoms with Crippen LogP contribution in [0.25, 0.3) is 0 Å². The maximum Gasteiger partial charge on any atom is 0.302 e. The lowest BCUT2D eigenvalue weighted by molar-refractivity contribution is 0.0123. The van der Waals surface area contributed by atoms with Gasteiger partial charge in [0.2, 0.25) is 5.82 Å². The van der Waals surface area contributed by atoms with E-state index in [1.165, 1.54) is 6.33 Å². The number of aromatic nitrogens is 3. The van der Waals surface area contributed by atoms with Crippen molar-refractivity contribution in [2.24, 2.45) is 0 Å².